The van der Waals surface area contributed by atoms with Gasteiger partial charge in [0.05, 0.1) is 17.8 Å². The topological polar surface area (TPSA) is 90.3 Å². The Hall–Kier alpha value is -3.61. The summed E-state index contributed by atoms with van der Waals surface area (Å²) < 4.78 is 12.5. The van der Waals surface area contributed by atoms with Crippen LogP contribution in [0.25, 0.3) is 11.0 Å². The second-order valence-electron chi connectivity index (χ2n) is 6.07. The minimum atomic E-state index is -0.519. The first-order valence-corrected chi connectivity index (χ1v) is 8.56. The van der Waals surface area contributed by atoms with Crippen LogP contribution in [0.5, 0.6) is 0 Å². The summed E-state index contributed by atoms with van der Waals surface area (Å²) >= 11 is 0. The van der Waals surface area contributed by atoms with Crippen LogP contribution >= 0.6 is 0 Å². The van der Waals surface area contributed by atoms with Crippen LogP contribution in [0.2, 0.25) is 0 Å². The molecule has 1 N–H and O–H groups in total. The van der Waals surface area contributed by atoms with Gasteiger partial charge in [-0.25, -0.2) is 4.68 Å². The van der Waals surface area contributed by atoms with Crippen molar-refractivity contribution in [2.45, 2.75) is 19.9 Å². The van der Waals surface area contributed by atoms with Gasteiger partial charge in [0, 0.05) is 12.1 Å². The fourth-order valence-corrected chi connectivity index (χ4v) is 2.83. The minimum Gasteiger partial charge on any atom is -0.467 e. The quantitative estimate of drug-likeness (QED) is 0.586. The number of hydrogen-bond acceptors (Lipinski definition) is 5. The molecule has 1 amide bonds. The lowest BCUT2D eigenvalue weighted by Crippen LogP contribution is -2.18. The summed E-state index contributed by atoms with van der Waals surface area (Å²) in [6, 6.07) is 11.9. The van der Waals surface area contributed by atoms with Crippen LogP contribution in [-0.4, -0.2) is 15.7 Å². The molecule has 0 aliphatic carbocycles. The fraction of sp³-hybridized carbons (Fsp3) is 0.150. The second-order valence-corrected chi connectivity index (χ2v) is 6.07. The highest BCUT2D eigenvalue weighted by atomic mass is 16.3. The molecule has 0 saturated carbocycles. The van der Waals surface area contributed by atoms with Crippen molar-refractivity contribution < 1.29 is 13.6 Å². The molecular formula is C20H17N3O4. The molecule has 136 valence electrons. The number of nitrogens with one attached hydrogen (secondary N) is 1. The van der Waals surface area contributed by atoms with Gasteiger partial charge in [0.2, 0.25) is 0 Å². The molecule has 4 aromatic rings. The zero-order valence-electron chi connectivity index (χ0n) is 14.6. The molecule has 0 bridgehead atoms. The van der Waals surface area contributed by atoms with E-state index in [0.717, 1.165) is 12.0 Å². The molecular weight excluding hydrogens is 346 g/mol. The van der Waals surface area contributed by atoms with Crippen molar-refractivity contribution in [2.24, 2.45) is 0 Å². The van der Waals surface area contributed by atoms with E-state index in [4.69, 9.17) is 8.83 Å². The maximum absolute atomic E-state index is 12.6. The van der Waals surface area contributed by atoms with E-state index in [2.05, 4.69) is 10.4 Å². The standard InChI is InChI=1S/C20H17N3O4/c1-2-13-5-6-17-15(10-13)16(24)11-18(27-17)20(25)22-19-7-8-21-23(19)12-14-4-3-9-26-14/h3-11H,2,12H2,1H3,(H,22,25). The van der Waals surface area contributed by atoms with Crippen molar-refractivity contribution in [1.82, 2.24) is 9.78 Å². The van der Waals surface area contributed by atoms with Crippen molar-refractivity contribution in [3.8, 4) is 0 Å². The third kappa shape index (κ3) is 3.39. The average Bonchev–Trinajstić information content (AvgIpc) is 3.34. The number of anilines is 1. The highest BCUT2D eigenvalue weighted by molar-refractivity contribution is 6.02. The van der Waals surface area contributed by atoms with Gasteiger partial charge < -0.3 is 14.2 Å². The molecule has 7 heteroatoms. The summed E-state index contributed by atoms with van der Waals surface area (Å²) in [6.45, 7) is 2.38. The Kier molecular flexibility index (Phi) is 4.33. The molecule has 0 aliphatic heterocycles. The van der Waals surface area contributed by atoms with Gasteiger partial charge in [0.15, 0.2) is 11.2 Å². The summed E-state index contributed by atoms with van der Waals surface area (Å²) in [5.74, 6) is 0.607. The van der Waals surface area contributed by atoms with Gasteiger partial charge in [-0.1, -0.05) is 13.0 Å². The Bertz CT molecular complexity index is 1160. The molecule has 0 saturated heterocycles. The molecule has 7 nitrogen and oxygen atoms in total. The molecule has 3 heterocycles. The molecule has 0 fully saturated rings. The molecule has 0 spiro atoms. The van der Waals surface area contributed by atoms with E-state index in [0.29, 0.717) is 29.1 Å². The Balaban J connectivity index is 1.60. The molecule has 0 atom stereocenters. The van der Waals surface area contributed by atoms with Gasteiger partial charge in [-0.15, -0.1) is 0 Å². The third-order valence-corrected chi connectivity index (χ3v) is 4.27. The molecule has 3 aromatic heterocycles. The van der Waals surface area contributed by atoms with Gasteiger partial charge in [-0.2, -0.15) is 5.10 Å². The first kappa shape index (κ1) is 16.8. The first-order chi connectivity index (χ1) is 13.1. The van der Waals surface area contributed by atoms with E-state index < -0.39 is 5.91 Å². The fourth-order valence-electron chi connectivity index (χ4n) is 2.83. The van der Waals surface area contributed by atoms with Crippen molar-refractivity contribution in [1.29, 1.82) is 0 Å². The first-order valence-electron chi connectivity index (χ1n) is 8.56. The molecule has 0 aliphatic rings. The van der Waals surface area contributed by atoms with Gasteiger partial charge in [-0.3, -0.25) is 9.59 Å². The van der Waals surface area contributed by atoms with Crippen LogP contribution in [0.4, 0.5) is 5.82 Å². The number of fused-ring (bicyclic) bond motifs is 1. The average molecular weight is 363 g/mol. The largest absolute Gasteiger partial charge is 0.467 e. The number of furan rings is 1. The zero-order valence-corrected chi connectivity index (χ0v) is 14.6. The van der Waals surface area contributed by atoms with E-state index in [1.807, 2.05) is 19.1 Å². The minimum absolute atomic E-state index is 0.0532. The number of aromatic nitrogens is 2. The summed E-state index contributed by atoms with van der Waals surface area (Å²) in [4.78, 5) is 25.0. The predicted molar refractivity (Wildman–Crippen MR) is 99.9 cm³/mol. The monoisotopic (exact) mass is 363 g/mol. The van der Waals surface area contributed by atoms with Crippen LogP contribution in [0.15, 0.2) is 68.6 Å². The lowest BCUT2D eigenvalue weighted by atomic mass is 10.1. The van der Waals surface area contributed by atoms with Gasteiger partial charge in [-0.05, 0) is 36.2 Å². The van der Waals surface area contributed by atoms with E-state index in [1.165, 1.54) is 6.07 Å². The number of amides is 1. The lowest BCUT2D eigenvalue weighted by Gasteiger charge is -2.08. The second kappa shape index (κ2) is 6.95. The maximum Gasteiger partial charge on any atom is 0.292 e. The SMILES string of the molecule is CCc1ccc2oc(C(=O)Nc3ccnn3Cc3ccco3)cc(=O)c2c1. The van der Waals surface area contributed by atoms with Crippen molar-refractivity contribution in [3.63, 3.8) is 0 Å². The summed E-state index contributed by atoms with van der Waals surface area (Å²) in [6.07, 6.45) is 3.96. The molecule has 4 rings (SSSR count). The van der Waals surface area contributed by atoms with Crippen molar-refractivity contribution in [2.75, 3.05) is 5.32 Å². The number of nitrogens with zero attached hydrogens (tertiary/aromatic N) is 2. The number of hydrogen-bond donors (Lipinski definition) is 1. The number of carbonyl (C=O) groups is 1. The Morgan fingerprint density at radius 3 is 2.89 bits per heavy atom. The Morgan fingerprint density at radius 1 is 1.22 bits per heavy atom. The van der Waals surface area contributed by atoms with Crippen molar-refractivity contribution >= 4 is 22.7 Å². The van der Waals surface area contributed by atoms with Gasteiger partial charge >= 0.3 is 0 Å². The smallest absolute Gasteiger partial charge is 0.292 e. The summed E-state index contributed by atoms with van der Waals surface area (Å²) in [7, 11) is 0. The van der Waals surface area contributed by atoms with E-state index in [-0.39, 0.29) is 11.2 Å². The Labute approximate surface area is 154 Å². The highest BCUT2D eigenvalue weighted by Crippen LogP contribution is 2.17. The summed E-state index contributed by atoms with van der Waals surface area (Å²) in [5, 5.41) is 7.36. The van der Waals surface area contributed by atoms with Gasteiger partial charge in [0.25, 0.3) is 5.91 Å². The van der Waals surface area contributed by atoms with Crippen LogP contribution in [0.1, 0.15) is 28.8 Å². The van der Waals surface area contributed by atoms with Gasteiger partial charge in [0.1, 0.15) is 23.7 Å². The molecule has 1 aromatic carbocycles. The summed E-state index contributed by atoms with van der Waals surface area (Å²) in [5.41, 5.74) is 1.17. The normalized spacial score (nSPS) is 11.0. The van der Waals surface area contributed by atoms with Crippen molar-refractivity contribution in [3.05, 3.63) is 82.2 Å². The molecule has 0 unspecified atom stereocenters. The van der Waals surface area contributed by atoms with E-state index in [1.54, 1.807) is 41.4 Å². The van der Waals surface area contributed by atoms with Crippen LogP contribution in [-0.2, 0) is 13.0 Å². The number of carbonyl (C=O) groups excluding carboxylic acids is 1. The number of benzene rings is 1. The highest BCUT2D eigenvalue weighted by Gasteiger charge is 2.15. The van der Waals surface area contributed by atoms with Crippen LogP contribution < -0.4 is 10.7 Å². The number of rotatable bonds is 5. The van der Waals surface area contributed by atoms with Crippen LogP contribution in [0.3, 0.4) is 0 Å². The molecule has 27 heavy (non-hydrogen) atoms. The maximum atomic E-state index is 12.6. The van der Waals surface area contributed by atoms with Crippen LogP contribution in [0, 0.1) is 0 Å². The zero-order chi connectivity index (χ0) is 18.8. The third-order valence-electron chi connectivity index (χ3n) is 4.27. The van der Waals surface area contributed by atoms with E-state index >= 15 is 0 Å². The van der Waals surface area contributed by atoms with E-state index in [9.17, 15) is 9.59 Å². The lowest BCUT2D eigenvalue weighted by molar-refractivity contribution is 0.0996. The number of aryl methyl sites for hydroxylation is 1. The Morgan fingerprint density at radius 2 is 2.11 bits per heavy atom. The predicted octanol–water partition coefficient (Wildman–Crippen LogP) is 3.45. The molecule has 0 radical (unpaired) electrons.